The third-order valence-electron chi connectivity index (χ3n) is 2.22. The van der Waals surface area contributed by atoms with E-state index in [1.54, 1.807) is 6.07 Å². The molecule has 0 amide bonds. The molecular weight excluding hydrogens is 316 g/mol. The number of halogens is 2. The molecule has 2 aromatic carbocycles. The van der Waals surface area contributed by atoms with E-state index in [1.165, 1.54) is 15.7 Å². The Balaban J connectivity index is 2.27. The molecule has 0 aromatic heterocycles. The number of anilines is 2. The number of rotatable bonds is 2. The van der Waals surface area contributed by atoms with E-state index in [9.17, 15) is 4.39 Å². The standard InChI is InChI=1S/C13H10FIN/c1-9-7-11(15)5-6-13(9)16-12-4-2-3-10(14)8-12/h2-3,5-8,16H,1H3. The topological polar surface area (TPSA) is 12.0 Å². The molecule has 0 saturated carbocycles. The SMILES string of the molecule is Cc1cc(I)ccc1Nc1[c]ccc(F)c1. The maximum atomic E-state index is 13.0. The number of hydrogen-bond acceptors (Lipinski definition) is 1. The van der Waals surface area contributed by atoms with Gasteiger partial charge in [0.25, 0.3) is 0 Å². The van der Waals surface area contributed by atoms with Crippen LogP contribution in [0.1, 0.15) is 5.56 Å². The fourth-order valence-electron chi connectivity index (χ4n) is 1.42. The zero-order chi connectivity index (χ0) is 11.5. The van der Waals surface area contributed by atoms with Crippen molar-refractivity contribution in [3.8, 4) is 0 Å². The Kier molecular flexibility index (Phi) is 3.43. The van der Waals surface area contributed by atoms with E-state index in [4.69, 9.17) is 0 Å². The van der Waals surface area contributed by atoms with Crippen molar-refractivity contribution in [3.63, 3.8) is 0 Å². The van der Waals surface area contributed by atoms with Gasteiger partial charge in [-0.3, -0.25) is 0 Å². The average molecular weight is 326 g/mol. The summed E-state index contributed by atoms with van der Waals surface area (Å²) in [6.07, 6.45) is 0. The fraction of sp³-hybridized carbons (Fsp3) is 0.0769. The van der Waals surface area contributed by atoms with Crippen LogP contribution >= 0.6 is 22.6 Å². The first-order valence-electron chi connectivity index (χ1n) is 4.85. The number of aryl methyl sites for hydroxylation is 1. The summed E-state index contributed by atoms with van der Waals surface area (Å²) in [6, 6.07) is 13.4. The van der Waals surface area contributed by atoms with Crippen LogP contribution in [0.4, 0.5) is 15.8 Å². The first kappa shape index (κ1) is 11.4. The average Bonchev–Trinajstić information content (AvgIpc) is 2.22. The second kappa shape index (κ2) is 4.82. The quantitative estimate of drug-likeness (QED) is 0.812. The van der Waals surface area contributed by atoms with Crippen LogP contribution in [0, 0.1) is 22.4 Å². The van der Waals surface area contributed by atoms with Gasteiger partial charge in [0.05, 0.1) is 0 Å². The molecular formula is C13H10FIN. The lowest BCUT2D eigenvalue weighted by atomic mass is 10.2. The summed E-state index contributed by atoms with van der Waals surface area (Å²) >= 11 is 2.26. The summed E-state index contributed by atoms with van der Waals surface area (Å²) in [5.41, 5.74) is 2.75. The molecule has 1 radical (unpaired) electrons. The molecule has 0 heterocycles. The molecule has 0 aliphatic carbocycles. The number of nitrogens with one attached hydrogen (secondary N) is 1. The van der Waals surface area contributed by atoms with Crippen LogP contribution in [0.15, 0.2) is 36.4 Å². The molecule has 0 unspecified atom stereocenters. The highest BCUT2D eigenvalue weighted by atomic mass is 127. The molecule has 0 aliphatic rings. The zero-order valence-electron chi connectivity index (χ0n) is 8.72. The van der Waals surface area contributed by atoms with Crippen molar-refractivity contribution in [3.05, 3.63) is 57.4 Å². The maximum absolute atomic E-state index is 13.0. The molecule has 0 aliphatic heterocycles. The van der Waals surface area contributed by atoms with E-state index in [2.05, 4.69) is 40.0 Å². The molecule has 2 rings (SSSR count). The predicted octanol–water partition coefficient (Wildman–Crippen LogP) is 4.28. The number of hydrogen-bond donors (Lipinski definition) is 1. The van der Waals surface area contributed by atoms with E-state index in [0.717, 1.165) is 11.3 Å². The Morgan fingerprint density at radius 1 is 1.25 bits per heavy atom. The van der Waals surface area contributed by atoms with Crippen molar-refractivity contribution in [2.75, 3.05) is 5.32 Å². The largest absolute Gasteiger partial charge is 0.355 e. The van der Waals surface area contributed by atoms with Crippen LogP contribution < -0.4 is 5.32 Å². The molecule has 1 N–H and O–H groups in total. The van der Waals surface area contributed by atoms with Crippen molar-refractivity contribution >= 4 is 34.0 Å². The highest BCUT2D eigenvalue weighted by Crippen LogP contribution is 2.22. The first-order valence-corrected chi connectivity index (χ1v) is 5.93. The van der Waals surface area contributed by atoms with Crippen LogP contribution in [0.5, 0.6) is 0 Å². The first-order chi connectivity index (χ1) is 7.65. The zero-order valence-corrected chi connectivity index (χ0v) is 10.9. The third kappa shape index (κ3) is 2.72. The van der Waals surface area contributed by atoms with E-state index in [0.29, 0.717) is 5.69 Å². The van der Waals surface area contributed by atoms with Gasteiger partial charge in [-0.25, -0.2) is 4.39 Å². The van der Waals surface area contributed by atoms with Gasteiger partial charge in [0.1, 0.15) is 5.82 Å². The van der Waals surface area contributed by atoms with E-state index < -0.39 is 0 Å². The summed E-state index contributed by atoms with van der Waals surface area (Å²) in [5, 5.41) is 3.14. The molecule has 16 heavy (non-hydrogen) atoms. The molecule has 3 heteroatoms. The van der Waals surface area contributed by atoms with E-state index in [-0.39, 0.29) is 5.82 Å². The monoisotopic (exact) mass is 326 g/mol. The minimum Gasteiger partial charge on any atom is -0.355 e. The van der Waals surface area contributed by atoms with Crippen LogP contribution in [-0.2, 0) is 0 Å². The molecule has 81 valence electrons. The van der Waals surface area contributed by atoms with Gasteiger partial charge in [-0.15, -0.1) is 0 Å². The highest BCUT2D eigenvalue weighted by molar-refractivity contribution is 14.1. The second-order valence-electron chi connectivity index (χ2n) is 3.50. The predicted molar refractivity (Wildman–Crippen MR) is 72.4 cm³/mol. The van der Waals surface area contributed by atoms with Gasteiger partial charge in [-0.2, -0.15) is 0 Å². The van der Waals surface area contributed by atoms with Gasteiger partial charge in [0, 0.05) is 21.0 Å². The highest BCUT2D eigenvalue weighted by Gasteiger charge is 2.00. The molecule has 0 saturated heterocycles. The summed E-state index contributed by atoms with van der Waals surface area (Å²) in [4.78, 5) is 0. The van der Waals surface area contributed by atoms with Crippen LogP contribution in [0.2, 0.25) is 0 Å². The Bertz CT molecular complexity index is 511. The molecule has 1 nitrogen and oxygen atoms in total. The van der Waals surface area contributed by atoms with E-state index >= 15 is 0 Å². The van der Waals surface area contributed by atoms with Crippen molar-refractivity contribution in [2.24, 2.45) is 0 Å². The van der Waals surface area contributed by atoms with E-state index in [1.807, 2.05) is 19.1 Å². The van der Waals surface area contributed by atoms with Gasteiger partial charge >= 0.3 is 0 Å². The van der Waals surface area contributed by atoms with Gasteiger partial charge in [0.2, 0.25) is 0 Å². The molecule has 0 bridgehead atoms. The lowest BCUT2D eigenvalue weighted by Crippen LogP contribution is -1.94. The van der Waals surface area contributed by atoms with Gasteiger partial charge in [0.15, 0.2) is 0 Å². The third-order valence-corrected chi connectivity index (χ3v) is 2.89. The maximum Gasteiger partial charge on any atom is 0.125 e. The van der Waals surface area contributed by atoms with Crippen LogP contribution in [0.3, 0.4) is 0 Å². The van der Waals surface area contributed by atoms with Gasteiger partial charge in [-0.1, -0.05) is 0 Å². The lowest BCUT2D eigenvalue weighted by Gasteiger charge is -2.09. The smallest absolute Gasteiger partial charge is 0.125 e. The molecule has 0 spiro atoms. The normalized spacial score (nSPS) is 10.2. The summed E-state index contributed by atoms with van der Waals surface area (Å²) in [7, 11) is 0. The van der Waals surface area contributed by atoms with Crippen molar-refractivity contribution in [2.45, 2.75) is 6.92 Å². The van der Waals surface area contributed by atoms with Crippen molar-refractivity contribution in [1.29, 1.82) is 0 Å². The minimum absolute atomic E-state index is 0.260. The second-order valence-corrected chi connectivity index (χ2v) is 4.75. The Hall–Kier alpha value is -1.10. The Morgan fingerprint density at radius 3 is 2.75 bits per heavy atom. The number of benzene rings is 2. The molecule has 2 aromatic rings. The molecule has 0 atom stereocenters. The van der Waals surface area contributed by atoms with Crippen molar-refractivity contribution < 1.29 is 4.39 Å². The fourth-order valence-corrected chi connectivity index (χ4v) is 2.07. The van der Waals surface area contributed by atoms with Crippen molar-refractivity contribution in [1.82, 2.24) is 0 Å². The summed E-state index contributed by atoms with van der Waals surface area (Å²) < 4.78 is 14.2. The minimum atomic E-state index is -0.260. The van der Waals surface area contributed by atoms with Gasteiger partial charge in [-0.05, 0) is 71.5 Å². The lowest BCUT2D eigenvalue weighted by molar-refractivity contribution is 0.628. The Morgan fingerprint density at radius 2 is 2.06 bits per heavy atom. The summed E-state index contributed by atoms with van der Waals surface area (Å²) in [6.45, 7) is 2.02. The summed E-state index contributed by atoms with van der Waals surface area (Å²) in [5.74, 6) is -0.260. The molecule has 0 fully saturated rings. The van der Waals surface area contributed by atoms with Crippen LogP contribution in [-0.4, -0.2) is 0 Å². The Labute approximate surface area is 108 Å². The van der Waals surface area contributed by atoms with Gasteiger partial charge < -0.3 is 5.32 Å². The van der Waals surface area contributed by atoms with Crippen LogP contribution in [0.25, 0.3) is 0 Å².